The predicted octanol–water partition coefficient (Wildman–Crippen LogP) is 0.704. The van der Waals surface area contributed by atoms with Gasteiger partial charge < -0.3 is 15.4 Å². The molecule has 2 heterocycles. The van der Waals surface area contributed by atoms with E-state index in [1.165, 1.54) is 19.2 Å². The zero-order valence-corrected chi connectivity index (χ0v) is 11.1. The molecule has 0 spiro atoms. The zero-order chi connectivity index (χ0) is 14.7. The van der Waals surface area contributed by atoms with Crippen LogP contribution in [-0.4, -0.2) is 42.1 Å². The van der Waals surface area contributed by atoms with Gasteiger partial charge in [0.25, 0.3) is 0 Å². The first-order chi connectivity index (χ1) is 9.52. The number of rotatable bonds is 3. The third kappa shape index (κ3) is 2.85. The van der Waals surface area contributed by atoms with Crippen molar-refractivity contribution in [2.45, 2.75) is 18.9 Å². The number of carbonyl (C=O) groups excluding carboxylic acids is 1. The molecule has 2 rings (SSSR count). The van der Waals surface area contributed by atoms with Gasteiger partial charge in [0.1, 0.15) is 0 Å². The molecule has 0 unspecified atom stereocenters. The number of piperidine rings is 1. The van der Waals surface area contributed by atoms with Crippen molar-refractivity contribution in [1.82, 2.24) is 4.98 Å². The molecular formula is C12H16N4O4. The van der Waals surface area contributed by atoms with E-state index < -0.39 is 10.9 Å². The van der Waals surface area contributed by atoms with E-state index in [1.807, 2.05) is 0 Å². The van der Waals surface area contributed by atoms with Crippen molar-refractivity contribution in [3.8, 4) is 0 Å². The van der Waals surface area contributed by atoms with E-state index in [2.05, 4.69) is 9.72 Å². The molecule has 1 aromatic heterocycles. The average Bonchev–Trinajstić information content (AvgIpc) is 2.46. The number of anilines is 1. The van der Waals surface area contributed by atoms with Gasteiger partial charge in [-0.2, -0.15) is 0 Å². The Hall–Kier alpha value is -2.22. The number of pyridine rings is 1. The standard InChI is InChI=1S/C12H16N4O4/c1-20-12(17)9-2-3-10(16(18)19)11(14-9)15-6-4-8(13)5-7-15/h2-3,8H,4-7,13H2,1H3. The smallest absolute Gasteiger partial charge is 0.356 e. The van der Waals surface area contributed by atoms with Gasteiger partial charge >= 0.3 is 11.7 Å². The summed E-state index contributed by atoms with van der Waals surface area (Å²) in [7, 11) is 1.24. The summed E-state index contributed by atoms with van der Waals surface area (Å²) >= 11 is 0. The maximum Gasteiger partial charge on any atom is 0.356 e. The normalized spacial score (nSPS) is 16.0. The number of esters is 1. The maximum absolute atomic E-state index is 11.5. The SMILES string of the molecule is COC(=O)c1ccc([N+](=O)[O-])c(N2CCC(N)CC2)n1. The van der Waals surface area contributed by atoms with E-state index in [-0.39, 0.29) is 23.2 Å². The number of carbonyl (C=O) groups is 1. The van der Waals surface area contributed by atoms with Crippen molar-refractivity contribution in [3.05, 3.63) is 27.9 Å². The van der Waals surface area contributed by atoms with E-state index in [4.69, 9.17) is 5.73 Å². The second-order valence-electron chi connectivity index (χ2n) is 4.61. The Kier molecular flexibility index (Phi) is 4.14. The molecule has 1 fully saturated rings. The molecule has 0 aliphatic carbocycles. The molecule has 1 aromatic rings. The summed E-state index contributed by atoms with van der Waals surface area (Å²) in [6.07, 6.45) is 1.47. The lowest BCUT2D eigenvalue weighted by Gasteiger charge is -2.30. The fourth-order valence-electron chi connectivity index (χ4n) is 2.15. The Labute approximate surface area is 115 Å². The lowest BCUT2D eigenvalue weighted by Crippen LogP contribution is -2.40. The first-order valence-electron chi connectivity index (χ1n) is 6.27. The lowest BCUT2D eigenvalue weighted by atomic mass is 10.1. The van der Waals surface area contributed by atoms with Gasteiger partial charge in [-0.25, -0.2) is 9.78 Å². The van der Waals surface area contributed by atoms with Gasteiger partial charge in [0.2, 0.25) is 5.82 Å². The number of aromatic nitrogens is 1. The van der Waals surface area contributed by atoms with Crippen molar-refractivity contribution in [2.24, 2.45) is 5.73 Å². The zero-order valence-electron chi connectivity index (χ0n) is 11.1. The molecule has 0 atom stereocenters. The summed E-state index contributed by atoms with van der Waals surface area (Å²) in [5, 5.41) is 11.1. The van der Waals surface area contributed by atoms with Crippen LogP contribution in [0.2, 0.25) is 0 Å². The number of nitro groups is 1. The van der Waals surface area contributed by atoms with E-state index >= 15 is 0 Å². The Bertz CT molecular complexity index is 526. The molecule has 1 aliphatic rings. The fraction of sp³-hybridized carbons (Fsp3) is 0.500. The van der Waals surface area contributed by atoms with E-state index in [1.54, 1.807) is 4.90 Å². The van der Waals surface area contributed by atoms with Crippen molar-refractivity contribution < 1.29 is 14.5 Å². The molecule has 0 radical (unpaired) electrons. The molecule has 108 valence electrons. The second kappa shape index (κ2) is 5.83. The monoisotopic (exact) mass is 280 g/mol. The molecule has 2 N–H and O–H groups in total. The summed E-state index contributed by atoms with van der Waals surface area (Å²) in [5.74, 6) is -0.417. The third-order valence-electron chi connectivity index (χ3n) is 3.28. The van der Waals surface area contributed by atoms with Crippen molar-refractivity contribution in [1.29, 1.82) is 0 Å². The Balaban J connectivity index is 2.36. The van der Waals surface area contributed by atoms with Crippen LogP contribution >= 0.6 is 0 Å². The van der Waals surface area contributed by atoms with Crippen LogP contribution in [0.3, 0.4) is 0 Å². The van der Waals surface area contributed by atoms with Gasteiger partial charge in [-0.05, 0) is 18.9 Å². The minimum atomic E-state index is -0.616. The van der Waals surface area contributed by atoms with Gasteiger partial charge in [0.05, 0.1) is 12.0 Å². The summed E-state index contributed by atoms with van der Waals surface area (Å²) in [4.78, 5) is 27.9. The highest BCUT2D eigenvalue weighted by Gasteiger charge is 2.26. The minimum absolute atomic E-state index is 0.0583. The van der Waals surface area contributed by atoms with Crippen LogP contribution in [0, 0.1) is 10.1 Å². The predicted molar refractivity (Wildman–Crippen MR) is 71.7 cm³/mol. The van der Waals surface area contributed by atoms with Crippen LogP contribution in [0.15, 0.2) is 12.1 Å². The Morgan fingerprint density at radius 2 is 2.15 bits per heavy atom. The summed E-state index contributed by atoms with van der Waals surface area (Å²) in [5.41, 5.74) is 5.76. The molecule has 8 heteroatoms. The molecule has 0 bridgehead atoms. The highest BCUT2D eigenvalue weighted by atomic mass is 16.6. The lowest BCUT2D eigenvalue weighted by molar-refractivity contribution is -0.384. The largest absolute Gasteiger partial charge is 0.464 e. The van der Waals surface area contributed by atoms with Gasteiger partial charge in [0.15, 0.2) is 5.69 Å². The van der Waals surface area contributed by atoms with Crippen LogP contribution in [0.5, 0.6) is 0 Å². The maximum atomic E-state index is 11.5. The first-order valence-corrected chi connectivity index (χ1v) is 6.27. The van der Waals surface area contributed by atoms with Crippen molar-refractivity contribution in [2.75, 3.05) is 25.1 Å². The average molecular weight is 280 g/mol. The summed E-state index contributed by atoms with van der Waals surface area (Å²) in [6, 6.07) is 2.68. The van der Waals surface area contributed by atoms with E-state index in [0.717, 1.165) is 12.8 Å². The fourth-order valence-corrected chi connectivity index (χ4v) is 2.15. The topological polar surface area (TPSA) is 112 Å². The van der Waals surface area contributed by atoms with E-state index in [9.17, 15) is 14.9 Å². The van der Waals surface area contributed by atoms with Gasteiger partial charge in [-0.15, -0.1) is 0 Å². The van der Waals surface area contributed by atoms with Crippen molar-refractivity contribution >= 4 is 17.5 Å². The van der Waals surface area contributed by atoms with Crippen LogP contribution in [0.25, 0.3) is 0 Å². The van der Waals surface area contributed by atoms with Crippen molar-refractivity contribution in [3.63, 3.8) is 0 Å². The molecule has 1 saturated heterocycles. The number of nitrogens with two attached hydrogens (primary N) is 1. The highest BCUT2D eigenvalue weighted by Crippen LogP contribution is 2.28. The number of ether oxygens (including phenoxy) is 1. The third-order valence-corrected chi connectivity index (χ3v) is 3.28. The quantitative estimate of drug-likeness (QED) is 0.492. The number of hydrogen-bond donors (Lipinski definition) is 1. The molecule has 0 saturated carbocycles. The van der Waals surface area contributed by atoms with Crippen LogP contribution in [0.4, 0.5) is 11.5 Å². The molecule has 8 nitrogen and oxygen atoms in total. The Morgan fingerprint density at radius 3 is 2.70 bits per heavy atom. The molecule has 0 amide bonds. The number of nitrogens with zero attached hydrogens (tertiary/aromatic N) is 3. The molecular weight excluding hydrogens is 264 g/mol. The molecule has 0 aromatic carbocycles. The molecule has 20 heavy (non-hydrogen) atoms. The summed E-state index contributed by atoms with van der Waals surface area (Å²) < 4.78 is 4.59. The Morgan fingerprint density at radius 1 is 1.50 bits per heavy atom. The first kappa shape index (κ1) is 14.2. The van der Waals surface area contributed by atoms with Gasteiger partial charge in [0, 0.05) is 25.2 Å². The van der Waals surface area contributed by atoms with Gasteiger partial charge in [-0.3, -0.25) is 10.1 Å². The number of hydrogen-bond acceptors (Lipinski definition) is 7. The highest BCUT2D eigenvalue weighted by molar-refractivity contribution is 5.88. The van der Waals surface area contributed by atoms with E-state index in [0.29, 0.717) is 13.1 Å². The van der Waals surface area contributed by atoms with Gasteiger partial charge in [-0.1, -0.05) is 0 Å². The second-order valence-corrected chi connectivity index (χ2v) is 4.61. The van der Waals surface area contributed by atoms with Crippen LogP contribution in [0.1, 0.15) is 23.3 Å². The summed E-state index contributed by atoms with van der Waals surface area (Å²) in [6.45, 7) is 1.17. The van der Waals surface area contributed by atoms with Crippen LogP contribution < -0.4 is 10.6 Å². The molecule has 1 aliphatic heterocycles. The minimum Gasteiger partial charge on any atom is -0.464 e. The van der Waals surface area contributed by atoms with Crippen LogP contribution in [-0.2, 0) is 4.74 Å². The number of methoxy groups -OCH3 is 1.